The summed E-state index contributed by atoms with van der Waals surface area (Å²) in [6.07, 6.45) is 0.715. The highest BCUT2D eigenvalue weighted by Crippen LogP contribution is 2.38. The first-order valence-electron chi connectivity index (χ1n) is 6.68. The lowest BCUT2D eigenvalue weighted by Crippen LogP contribution is -2.35. The number of hydrogen-bond acceptors (Lipinski definition) is 4. The Bertz CT molecular complexity index is 279. The van der Waals surface area contributed by atoms with Gasteiger partial charge in [0, 0.05) is 6.61 Å². The maximum atomic E-state index is 10.7. The average molecular weight is 298 g/mol. The van der Waals surface area contributed by atoms with Crippen LogP contribution in [0.1, 0.15) is 47.5 Å². The van der Waals surface area contributed by atoms with Crippen LogP contribution in [0.15, 0.2) is 0 Å². The van der Waals surface area contributed by atoms with Gasteiger partial charge in [0.25, 0.3) is 0 Å². The Kier molecular flexibility index (Phi) is 9.07. The zero-order valence-electron chi connectivity index (χ0n) is 12.4. The van der Waals surface area contributed by atoms with Crippen molar-refractivity contribution in [2.75, 3.05) is 6.61 Å². The van der Waals surface area contributed by atoms with Crippen molar-refractivity contribution in [2.24, 2.45) is 0 Å². The molecule has 0 aliphatic rings. The van der Waals surface area contributed by atoms with E-state index in [2.05, 4.69) is 11.4 Å². The molecule has 4 atom stereocenters. The minimum absolute atomic E-state index is 0.0729. The summed E-state index contributed by atoms with van der Waals surface area (Å²) in [6, 6.07) is 0. The zero-order chi connectivity index (χ0) is 15.1. The van der Waals surface area contributed by atoms with Gasteiger partial charge in [0.05, 0.1) is 24.4 Å². The molecule has 0 fully saturated rings. The number of hydrogen-bond donors (Lipinski definition) is 2. The third kappa shape index (κ3) is 9.55. The first kappa shape index (κ1) is 19.0. The second-order valence-corrected chi connectivity index (χ2v) is 5.97. The molecule has 0 aromatic rings. The largest absolute Gasteiger partial charge is 0.469 e. The second-order valence-electron chi connectivity index (χ2n) is 4.78. The Hall–Kier alpha value is 0.0300. The van der Waals surface area contributed by atoms with E-state index in [9.17, 15) is 4.57 Å². The predicted molar refractivity (Wildman–Crippen MR) is 72.9 cm³/mol. The van der Waals surface area contributed by atoms with Crippen molar-refractivity contribution in [3.8, 4) is 0 Å². The zero-order valence-corrected chi connectivity index (χ0v) is 13.3. The van der Waals surface area contributed by atoms with Crippen LogP contribution in [0.25, 0.3) is 0 Å². The van der Waals surface area contributed by atoms with E-state index in [4.69, 9.17) is 19.3 Å². The SMILES string of the molecule is CCCCOC(C)C(C)OC(C)C(C)OP(=O)(O)O. The highest BCUT2D eigenvalue weighted by atomic mass is 31.2. The van der Waals surface area contributed by atoms with Gasteiger partial charge < -0.3 is 19.3 Å². The Morgan fingerprint density at radius 2 is 1.53 bits per heavy atom. The van der Waals surface area contributed by atoms with Gasteiger partial charge in [-0.05, 0) is 34.1 Å². The van der Waals surface area contributed by atoms with E-state index in [1.54, 1.807) is 13.8 Å². The predicted octanol–water partition coefficient (Wildman–Crippen LogP) is 2.48. The molecule has 0 saturated heterocycles. The second kappa shape index (κ2) is 9.06. The molecular formula is C12H27O6P. The molecule has 7 heteroatoms. The van der Waals surface area contributed by atoms with Crippen molar-refractivity contribution in [3.63, 3.8) is 0 Å². The Labute approximate surface area is 115 Å². The van der Waals surface area contributed by atoms with E-state index in [1.807, 2.05) is 13.8 Å². The fraction of sp³-hybridized carbons (Fsp3) is 1.00. The quantitative estimate of drug-likeness (QED) is 0.476. The van der Waals surface area contributed by atoms with Crippen LogP contribution >= 0.6 is 7.82 Å². The van der Waals surface area contributed by atoms with E-state index >= 15 is 0 Å². The normalized spacial score (nSPS) is 18.9. The lowest BCUT2D eigenvalue weighted by Gasteiger charge is -2.28. The topological polar surface area (TPSA) is 85.2 Å². The molecule has 0 spiro atoms. The average Bonchev–Trinajstić information content (AvgIpc) is 2.26. The minimum atomic E-state index is -4.48. The molecule has 0 aliphatic carbocycles. The number of phosphoric acid groups is 1. The first-order chi connectivity index (χ1) is 8.67. The third-order valence-corrected chi connectivity index (χ3v) is 3.54. The maximum Gasteiger partial charge on any atom is 0.469 e. The van der Waals surface area contributed by atoms with Gasteiger partial charge in [-0.25, -0.2) is 4.57 Å². The molecule has 0 radical (unpaired) electrons. The van der Waals surface area contributed by atoms with Crippen LogP contribution < -0.4 is 0 Å². The fourth-order valence-corrected chi connectivity index (χ4v) is 2.02. The van der Waals surface area contributed by atoms with Gasteiger partial charge in [-0.2, -0.15) is 0 Å². The summed E-state index contributed by atoms with van der Waals surface area (Å²) in [5.74, 6) is 0. The van der Waals surface area contributed by atoms with Gasteiger partial charge >= 0.3 is 7.82 Å². The van der Waals surface area contributed by atoms with Crippen molar-refractivity contribution in [2.45, 2.75) is 71.9 Å². The minimum Gasteiger partial charge on any atom is -0.376 e. The lowest BCUT2D eigenvalue weighted by atomic mass is 10.2. The van der Waals surface area contributed by atoms with E-state index in [0.29, 0.717) is 6.61 Å². The Morgan fingerprint density at radius 3 is 2.00 bits per heavy atom. The smallest absolute Gasteiger partial charge is 0.376 e. The van der Waals surface area contributed by atoms with Crippen molar-refractivity contribution in [1.29, 1.82) is 0 Å². The van der Waals surface area contributed by atoms with Crippen LogP contribution in [0.3, 0.4) is 0 Å². The summed E-state index contributed by atoms with van der Waals surface area (Å²) in [5.41, 5.74) is 0. The molecule has 0 heterocycles. The molecular weight excluding hydrogens is 271 g/mol. The molecule has 0 aliphatic heterocycles. The molecule has 0 saturated carbocycles. The molecule has 0 amide bonds. The standard InChI is InChI=1S/C12H27O6P/c1-6-7-8-16-9(2)10(3)17-11(4)12(5)18-19(13,14)15/h9-12H,6-8H2,1-5H3,(H2,13,14,15). The van der Waals surface area contributed by atoms with Gasteiger partial charge in [0.2, 0.25) is 0 Å². The molecule has 0 aromatic carbocycles. The molecule has 6 nitrogen and oxygen atoms in total. The number of ether oxygens (including phenoxy) is 2. The van der Waals surface area contributed by atoms with Crippen molar-refractivity contribution >= 4 is 7.82 Å². The maximum absolute atomic E-state index is 10.7. The van der Waals surface area contributed by atoms with Crippen molar-refractivity contribution in [1.82, 2.24) is 0 Å². The van der Waals surface area contributed by atoms with Crippen LogP contribution in [0, 0.1) is 0 Å². The first-order valence-corrected chi connectivity index (χ1v) is 8.21. The van der Waals surface area contributed by atoms with Crippen LogP contribution in [-0.4, -0.2) is 40.8 Å². The number of phosphoric ester groups is 1. The molecule has 0 rings (SSSR count). The monoisotopic (exact) mass is 298 g/mol. The van der Waals surface area contributed by atoms with E-state index < -0.39 is 20.0 Å². The van der Waals surface area contributed by atoms with Crippen LogP contribution in [-0.2, 0) is 18.6 Å². The highest BCUT2D eigenvalue weighted by Gasteiger charge is 2.26. The van der Waals surface area contributed by atoms with E-state index in [1.165, 1.54) is 0 Å². The van der Waals surface area contributed by atoms with Gasteiger partial charge in [-0.3, -0.25) is 4.52 Å². The number of rotatable bonds is 10. The third-order valence-electron chi connectivity index (χ3n) is 2.93. The summed E-state index contributed by atoms with van der Waals surface area (Å²) in [5, 5.41) is 0. The molecule has 116 valence electrons. The highest BCUT2D eigenvalue weighted by molar-refractivity contribution is 7.46. The molecule has 19 heavy (non-hydrogen) atoms. The van der Waals surface area contributed by atoms with E-state index in [-0.39, 0.29) is 12.2 Å². The van der Waals surface area contributed by atoms with Crippen LogP contribution in [0.5, 0.6) is 0 Å². The van der Waals surface area contributed by atoms with Crippen LogP contribution in [0.2, 0.25) is 0 Å². The Morgan fingerprint density at radius 1 is 1.00 bits per heavy atom. The van der Waals surface area contributed by atoms with Crippen molar-refractivity contribution in [3.05, 3.63) is 0 Å². The fourth-order valence-electron chi connectivity index (χ4n) is 1.41. The summed E-state index contributed by atoms with van der Waals surface area (Å²) in [4.78, 5) is 17.5. The summed E-state index contributed by atoms with van der Waals surface area (Å²) in [7, 11) is -4.48. The van der Waals surface area contributed by atoms with Gasteiger partial charge in [-0.15, -0.1) is 0 Å². The van der Waals surface area contributed by atoms with Gasteiger partial charge in [0.1, 0.15) is 0 Å². The van der Waals surface area contributed by atoms with Crippen LogP contribution in [0.4, 0.5) is 0 Å². The molecule has 0 aromatic heterocycles. The summed E-state index contributed by atoms with van der Waals surface area (Å²) in [6.45, 7) is 9.86. The van der Waals surface area contributed by atoms with Crippen molar-refractivity contribution < 1.29 is 28.3 Å². The molecule has 2 N–H and O–H groups in total. The number of unbranched alkanes of at least 4 members (excludes halogenated alkanes) is 1. The van der Waals surface area contributed by atoms with Gasteiger partial charge in [-0.1, -0.05) is 13.3 Å². The summed E-state index contributed by atoms with van der Waals surface area (Å²) < 4.78 is 26.6. The Balaban J connectivity index is 4.09. The van der Waals surface area contributed by atoms with E-state index in [0.717, 1.165) is 12.8 Å². The molecule has 0 bridgehead atoms. The summed E-state index contributed by atoms with van der Waals surface area (Å²) >= 11 is 0. The van der Waals surface area contributed by atoms with Gasteiger partial charge in [0.15, 0.2) is 0 Å². The molecule has 4 unspecified atom stereocenters. The lowest BCUT2D eigenvalue weighted by molar-refractivity contribution is -0.108.